The van der Waals surface area contributed by atoms with Crippen molar-refractivity contribution in [2.75, 3.05) is 0 Å². The Bertz CT molecular complexity index is 766. The third kappa shape index (κ3) is 2.24. The Morgan fingerprint density at radius 3 is 2.69 bits per heavy atom. The van der Waals surface area contributed by atoms with Crippen LogP contribution in [-0.2, 0) is 0 Å². The summed E-state index contributed by atoms with van der Waals surface area (Å²) in [7, 11) is 0. The third-order valence-corrected chi connectivity index (χ3v) is 8.63. The van der Waals surface area contributed by atoms with Crippen LogP contribution in [0.4, 0.5) is 0 Å². The molecule has 0 amide bonds. The molecule has 6 atom stereocenters. The van der Waals surface area contributed by atoms with Gasteiger partial charge in [-0.1, -0.05) is 37.6 Å². The summed E-state index contributed by atoms with van der Waals surface area (Å²) in [5.41, 5.74) is 5.09. The lowest BCUT2D eigenvalue weighted by Gasteiger charge is -2.57. The number of fused-ring (bicyclic) bond motifs is 5. The summed E-state index contributed by atoms with van der Waals surface area (Å²) in [6.45, 7) is 5.03. The van der Waals surface area contributed by atoms with E-state index in [0.717, 1.165) is 30.6 Å². The lowest BCUT2D eigenvalue weighted by Crippen LogP contribution is -2.49. The topological polar surface area (TPSA) is 33.1 Å². The van der Waals surface area contributed by atoms with E-state index < -0.39 is 0 Å². The Morgan fingerprint density at radius 1 is 1.04 bits per heavy atom. The third-order valence-electron chi connectivity index (χ3n) is 8.63. The summed E-state index contributed by atoms with van der Waals surface area (Å²) in [4.78, 5) is 4.38. The van der Waals surface area contributed by atoms with Gasteiger partial charge in [0.2, 0.25) is 0 Å². The molecule has 4 aliphatic rings. The summed E-state index contributed by atoms with van der Waals surface area (Å²) in [6, 6.07) is 4.31. The van der Waals surface area contributed by atoms with Crippen molar-refractivity contribution in [3.63, 3.8) is 0 Å². The fraction of sp³-hybridized carbons (Fsp3) is 0.625. The average molecular weight is 350 g/mol. The van der Waals surface area contributed by atoms with Crippen molar-refractivity contribution < 1.29 is 5.11 Å². The van der Waals surface area contributed by atoms with Gasteiger partial charge in [0, 0.05) is 12.4 Å². The van der Waals surface area contributed by atoms with Gasteiger partial charge in [-0.25, -0.2) is 0 Å². The van der Waals surface area contributed by atoms with E-state index in [9.17, 15) is 5.11 Å². The van der Waals surface area contributed by atoms with E-state index in [1.165, 1.54) is 37.7 Å². The fourth-order valence-electron chi connectivity index (χ4n) is 7.18. The Morgan fingerprint density at radius 2 is 1.88 bits per heavy atom. The molecule has 0 aliphatic heterocycles. The Labute approximate surface area is 157 Å². The molecule has 2 saturated carbocycles. The molecular formula is C24H31NO. The SMILES string of the molecule is C[C@]12CC[C@H](O)CC1=CC[C@H]1[C@H]2CC[C@]2(C)C(c3cccnc3)=CC[C@H]12. The molecule has 0 aromatic carbocycles. The molecule has 0 spiro atoms. The van der Waals surface area contributed by atoms with Crippen LogP contribution in [0.15, 0.2) is 42.3 Å². The zero-order valence-corrected chi connectivity index (χ0v) is 16.1. The number of nitrogens with zero attached hydrogens (tertiary/aromatic N) is 1. The molecule has 0 unspecified atom stereocenters. The smallest absolute Gasteiger partial charge is 0.0577 e. The van der Waals surface area contributed by atoms with Crippen molar-refractivity contribution in [1.29, 1.82) is 0 Å². The van der Waals surface area contributed by atoms with Crippen LogP contribution in [-0.4, -0.2) is 16.2 Å². The van der Waals surface area contributed by atoms with Crippen LogP contribution in [0.3, 0.4) is 0 Å². The minimum absolute atomic E-state index is 0.106. The van der Waals surface area contributed by atoms with Crippen LogP contribution < -0.4 is 0 Å². The molecule has 2 nitrogen and oxygen atoms in total. The molecule has 0 radical (unpaired) electrons. The molecule has 1 aromatic rings. The van der Waals surface area contributed by atoms with E-state index in [-0.39, 0.29) is 6.10 Å². The molecule has 1 N–H and O–H groups in total. The second kappa shape index (κ2) is 5.79. The fourth-order valence-corrected chi connectivity index (χ4v) is 7.18. The van der Waals surface area contributed by atoms with Crippen molar-refractivity contribution in [3.05, 3.63) is 47.8 Å². The van der Waals surface area contributed by atoms with Crippen LogP contribution in [0.1, 0.15) is 64.4 Å². The van der Waals surface area contributed by atoms with Crippen molar-refractivity contribution in [1.82, 2.24) is 4.98 Å². The van der Waals surface area contributed by atoms with E-state index in [4.69, 9.17) is 0 Å². The van der Waals surface area contributed by atoms with Gasteiger partial charge in [-0.15, -0.1) is 0 Å². The first-order chi connectivity index (χ1) is 12.5. The van der Waals surface area contributed by atoms with Crippen LogP contribution >= 0.6 is 0 Å². The number of aliphatic hydroxyl groups excluding tert-OH is 1. The Balaban J connectivity index is 1.48. The predicted octanol–water partition coefficient (Wildman–Crippen LogP) is 5.40. The lowest BCUT2D eigenvalue weighted by molar-refractivity contribution is -0.0238. The van der Waals surface area contributed by atoms with Crippen molar-refractivity contribution in [2.24, 2.45) is 28.6 Å². The highest BCUT2D eigenvalue weighted by Crippen LogP contribution is 2.66. The highest BCUT2D eigenvalue weighted by molar-refractivity contribution is 5.72. The van der Waals surface area contributed by atoms with Crippen LogP contribution in [0.2, 0.25) is 0 Å². The summed E-state index contributed by atoms with van der Waals surface area (Å²) in [5.74, 6) is 2.36. The number of allylic oxidation sites excluding steroid dienone is 3. The maximum absolute atomic E-state index is 10.2. The molecule has 138 valence electrons. The van der Waals surface area contributed by atoms with Crippen molar-refractivity contribution in [3.8, 4) is 0 Å². The highest BCUT2D eigenvalue weighted by atomic mass is 16.3. The van der Waals surface area contributed by atoms with Gasteiger partial charge in [-0.05, 0) is 90.7 Å². The van der Waals surface area contributed by atoms with E-state index in [0.29, 0.717) is 10.8 Å². The maximum Gasteiger partial charge on any atom is 0.0577 e. The molecule has 4 aliphatic carbocycles. The standard InChI is InChI=1S/C24H31NO/c1-23-11-9-18(26)14-17(23)5-6-19-21-8-7-20(16-4-3-13-25-15-16)24(21,2)12-10-22(19)23/h3-5,7,13,15,18-19,21-22,26H,6,8-12,14H2,1-2H3/t18-,19+,21+,22+,23-,24+/m0/s1. The Hall–Kier alpha value is -1.41. The summed E-state index contributed by atoms with van der Waals surface area (Å²) in [6.07, 6.45) is 17.0. The number of pyridine rings is 1. The van der Waals surface area contributed by atoms with E-state index in [1.807, 2.05) is 12.4 Å². The summed E-state index contributed by atoms with van der Waals surface area (Å²) in [5, 5.41) is 10.2. The molecule has 0 bridgehead atoms. The van der Waals surface area contributed by atoms with Gasteiger partial charge >= 0.3 is 0 Å². The van der Waals surface area contributed by atoms with Gasteiger partial charge in [0.15, 0.2) is 0 Å². The largest absolute Gasteiger partial charge is 0.393 e. The van der Waals surface area contributed by atoms with E-state index in [2.05, 4.69) is 43.1 Å². The lowest BCUT2D eigenvalue weighted by atomic mass is 9.47. The summed E-state index contributed by atoms with van der Waals surface area (Å²) < 4.78 is 0. The van der Waals surface area contributed by atoms with E-state index in [1.54, 1.807) is 11.1 Å². The first kappa shape index (κ1) is 16.7. The molecule has 2 fully saturated rings. The predicted molar refractivity (Wildman–Crippen MR) is 105 cm³/mol. The first-order valence-corrected chi connectivity index (χ1v) is 10.5. The van der Waals surface area contributed by atoms with Gasteiger partial charge in [-0.3, -0.25) is 4.98 Å². The molecular weight excluding hydrogens is 318 g/mol. The van der Waals surface area contributed by atoms with Crippen molar-refractivity contribution >= 4 is 5.57 Å². The number of hydrogen-bond donors (Lipinski definition) is 1. The molecule has 1 aromatic heterocycles. The van der Waals surface area contributed by atoms with E-state index >= 15 is 0 Å². The average Bonchev–Trinajstić information content (AvgIpc) is 3.00. The number of hydrogen-bond acceptors (Lipinski definition) is 2. The van der Waals surface area contributed by atoms with Crippen LogP contribution in [0.25, 0.3) is 5.57 Å². The van der Waals surface area contributed by atoms with Gasteiger partial charge in [0.05, 0.1) is 6.10 Å². The molecule has 5 rings (SSSR count). The quantitative estimate of drug-likeness (QED) is 0.689. The second-order valence-electron chi connectivity index (χ2n) is 9.71. The first-order valence-electron chi connectivity index (χ1n) is 10.5. The number of aromatic nitrogens is 1. The number of rotatable bonds is 1. The zero-order chi connectivity index (χ0) is 17.9. The number of aliphatic hydroxyl groups is 1. The van der Waals surface area contributed by atoms with Gasteiger partial charge in [-0.2, -0.15) is 0 Å². The van der Waals surface area contributed by atoms with Crippen LogP contribution in [0, 0.1) is 28.6 Å². The maximum atomic E-state index is 10.2. The highest BCUT2D eigenvalue weighted by Gasteiger charge is 2.56. The minimum Gasteiger partial charge on any atom is -0.393 e. The molecule has 2 heteroatoms. The Kier molecular flexibility index (Phi) is 3.73. The monoisotopic (exact) mass is 349 g/mol. The van der Waals surface area contributed by atoms with Crippen molar-refractivity contribution in [2.45, 2.75) is 64.9 Å². The van der Waals surface area contributed by atoms with Gasteiger partial charge in [0.25, 0.3) is 0 Å². The minimum atomic E-state index is -0.106. The van der Waals surface area contributed by atoms with Crippen LogP contribution in [0.5, 0.6) is 0 Å². The zero-order valence-electron chi connectivity index (χ0n) is 16.1. The molecule has 0 saturated heterocycles. The van der Waals surface area contributed by atoms with Gasteiger partial charge in [0.1, 0.15) is 0 Å². The second-order valence-corrected chi connectivity index (χ2v) is 9.71. The molecule has 1 heterocycles. The normalized spacial score (nSPS) is 44.4. The summed E-state index contributed by atoms with van der Waals surface area (Å²) >= 11 is 0. The van der Waals surface area contributed by atoms with Gasteiger partial charge < -0.3 is 5.11 Å². The molecule has 26 heavy (non-hydrogen) atoms.